The molecule has 0 bridgehead atoms. The molecule has 9 heteroatoms. The lowest BCUT2D eigenvalue weighted by atomic mass is 9.89. The molecule has 2 aromatic carbocycles. The van der Waals surface area contributed by atoms with Crippen molar-refractivity contribution in [3.8, 4) is 0 Å². The third kappa shape index (κ3) is 4.95. The minimum atomic E-state index is -4.57. The van der Waals surface area contributed by atoms with E-state index in [-0.39, 0.29) is 28.8 Å². The number of hydrogen-bond acceptors (Lipinski definition) is 5. The van der Waals surface area contributed by atoms with Crippen LogP contribution in [0.4, 0.5) is 15.8 Å². The summed E-state index contributed by atoms with van der Waals surface area (Å²) >= 11 is 0. The average Bonchev–Trinajstić information content (AvgIpc) is 2.81. The first kappa shape index (κ1) is 23.8. The highest BCUT2D eigenvalue weighted by molar-refractivity contribution is 7.85. The Kier molecular flexibility index (Phi) is 6.67. The molecule has 0 atom stereocenters. The standard InChI is InChI=1S/C25H26FN3O4S/c1-16-5-3-4-6-22(16)28-23-17(2)24(34(31,32)33)27-15-21(23)25(30)29-13-11-19(12-14-29)18-7-9-20(26)10-8-18/h3-10,15,19H,11-14H2,1-2H3,(H,27,28)(H,31,32,33). The zero-order chi connectivity index (χ0) is 24.5. The molecule has 0 spiro atoms. The van der Waals surface area contributed by atoms with E-state index >= 15 is 0 Å². The highest BCUT2D eigenvalue weighted by atomic mass is 32.2. The Hall–Kier alpha value is -3.30. The summed E-state index contributed by atoms with van der Waals surface area (Å²) in [5.41, 5.74) is 3.35. The van der Waals surface area contributed by atoms with Gasteiger partial charge < -0.3 is 10.2 Å². The Balaban J connectivity index is 1.63. The van der Waals surface area contributed by atoms with E-state index < -0.39 is 15.1 Å². The molecule has 3 aromatic rings. The fourth-order valence-corrected chi connectivity index (χ4v) is 5.02. The smallest absolute Gasteiger partial charge is 0.312 e. The van der Waals surface area contributed by atoms with Gasteiger partial charge in [0.15, 0.2) is 5.03 Å². The maximum absolute atomic E-state index is 13.5. The molecule has 1 aliphatic rings. The molecule has 34 heavy (non-hydrogen) atoms. The second kappa shape index (κ2) is 9.52. The van der Waals surface area contributed by atoms with Gasteiger partial charge in [0.1, 0.15) is 5.82 Å². The molecule has 0 saturated carbocycles. The van der Waals surface area contributed by atoms with Crippen LogP contribution in [0.3, 0.4) is 0 Å². The highest BCUT2D eigenvalue weighted by Crippen LogP contribution is 2.33. The van der Waals surface area contributed by atoms with Crippen molar-refractivity contribution in [2.24, 2.45) is 0 Å². The van der Waals surface area contributed by atoms with Gasteiger partial charge in [-0.05, 0) is 61.9 Å². The van der Waals surface area contributed by atoms with Crippen LogP contribution in [0.2, 0.25) is 0 Å². The molecule has 178 valence electrons. The molecule has 1 saturated heterocycles. The van der Waals surface area contributed by atoms with Gasteiger partial charge in [-0.3, -0.25) is 9.35 Å². The number of piperidine rings is 1. The van der Waals surface area contributed by atoms with E-state index in [0.29, 0.717) is 24.5 Å². The van der Waals surface area contributed by atoms with E-state index in [0.717, 1.165) is 24.0 Å². The highest BCUT2D eigenvalue weighted by Gasteiger charge is 2.29. The van der Waals surface area contributed by atoms with Crippen LogP contribution in [0, 0.1) is 19.7 Å². The zero-order valence-corrected chi connectivity index (χ0v) is 19.8. The van der Waals surface area contributed by atoms with Crippen molar-refractivity contribution >= 4 is 27.4 Å². The van der Waals surface area contributed by atoms with E-state index in [1.165, 1.54) is 25.3 Å². The summed E-state index contributed by atoms with van der Waals surface area (Å²) in [6.45, 7) is 4.41. The van der Waals surface area contributed by atoms with Crippen LogP contribution in [0.25, 0.3) is 0 Å². The number of hydrogen-bond donors (Lipinski definition) is 2. The van der Waals surface area contributed by atoms with Crippen molar-refractivity contribution in [3.05, 3.63) is 82.8 Å². The number of carbonyl (C=O) groups excluding carboxylic acids is 1. The molecule has 1 amide bonds. The third-order valence-corrected chi connectivity index (χ3v) is 7.18. The van der Waals surface area contributed by atoms with Gasteiger partial charge in [0.05, 0.1) is 11.3 Å². The first-order valence-corrected chi connectivity index (χ1v) is 12.4. The lowest BCUT2D eigenvalue weighted by Gasteiger charge is -2.33. The molecule has 0 unspecified atom stereocenters. The molecule has 0 aliphatic carbocycles. The van der Waals surface area contributed by atoms with Gasteiger partial charge in [0, 0.05) is 30.5 Å². The number of rotatable bonds is 5. The fraction of sp³-hybridized carbons (Fsp3) is 0.280. The summed E-state index contributed by atoms with van der Waals surface area (Å²) in [4.78, 5) is 19.1. The van der Waals surface area contributed by atoms with Crippen molar-refractivity contribution in [2.75, 3.05) is 18.4 Å². The maximum Gasteiger partial charge on any atom is 0.312 e. The van der Waals surface area contributed by atoms with Gasteiger partial charge in [-0.25, -0.2) is 9.37 Å². The number of para-hydroxylation sites is 1. The average molecular weight is 484 g/mol. The van der Waals surface area contributed by atoms with Crippen LogP contribution in [0.5, 0.6) is 0 Å². The normalized spacial score (nSPS) is 14.8. The van der Waals surface area contributed by atoms with E-state index in [1.807, 2.05) is 31.2 Å². The molecule has 1 fully saturated rings. The van der Waals surface area contributed by atoms with Crippen molar-refractivity contribution < 1.29 is 22.2 Å². The summed E-state index contributed by atoms with van der Waals surface area (Å²) in [6, 6.07) is 13.9. The second-order valence-corrected chi connectivity index (χ2v) is 9.85. The van der Waals surface area contributed by atoms with Crippen molar-refractivity contribution in [1.82, 2.24) is 9.88 Å². The molecule has 2 heterocycles. The first-order valence-electron chi connectivity index (χ1n) is 11.0. The number of benzene rings is 2. The third-order valence-electron chi connectivity index (χ3n) is 6.28. The lowest BCUT2D eigenvalue weighted by Crippen LogP contribution is -2.38. The Bertz CT molecular complexity index is 1320. The number of aromatic nitrogens is 1. The number of likely N-dealkylation sites (tertiary alicyclic amines) is 1. The fourth-order valence-electron chi connectivity index (χ4n) is 4.35. The topological polar surface area (TPSA) is 99.6 Å². The number of nitrogens with zero attached hydrogens (tertiary/aromatic N) is 2. The quantitative estimate of drug-likeness (QED) is 0.504. The van der Waals surface area contributed by atoms with Crippen LogP contribution >= 0.6 is 0 Å². The van der Waals surface area contributed by atoms with Crippen LogP contribution in [0.1, 0.15) is 45.8 Å². The van der Waals surface area contributed by atoms with Gasteiger partial charge >= 0.3 is 10.1 Å². The summed E-state index contributed by atoms with van der Waals surface area (Å²) in [6.07, 6.45) is 2.66. The molecule has 1 aliphatic heterocycles. The van der Waals surface area contributed by atoms with E-state index in [9.17, 15) is 22.2 Å². The number of carbonyl (C=O) groups is 1. The second-order valence-electron chi connectivity index (χ2n) is 8.51. The van der Waals surface area contributed by atoms with E-state index in [1.54, 1.807) is 17.0 Å². The van der Waals surface area contributed by atoms with Crippen LogP contribution in [0.15, 0.2) is 59.8 Å². The van der Waals surface area contributed by atoms with Crippen molar-refractivity contribution in [2.45, 2.75) is 37.6 Å². The van der Waals surface area contributed by atoms with Gasteiger partial charge in [-0.1, -0.05) is 30.3 Å². The zero-order valence-electron chi connectivity index (χ0n) is 19.0. The molecular weight excluding hydrogens is 457 g/mol. The number of nitrogens with one attached hydrogen (secondary N) is 1. The van der Waals surface area contributed by atoms with Gasteiger partial charge in [0.25, 0.3) is 5.91 Å². The predicted molar refractivity (Wildman–Crippen MR) is 128 cm³/mol. The predicted octanol–water partition coefficient (Wildman–Crippen LogP) is 4.85. The molecule has 0 radical (unpaired) electrons. The van der Waals surface area contributed by atoms with E-state index in [2.05, 4.69) is 10.3 Å². The van der Waals surface area contributed by atoms with Crippen LogP contribution < -0.4 is 5.32 Å². The monoisotopic (exact) mass is 483 g/mol. The summed E-state index contributed by atoms with van der Waals surface area (Å²) in [7, 11) is -4.57. The largest absolute Gasteiger partial charge is 0.354 e. The summed E-state index contributed by atoms with van der Waals surface area (Å²) < 4.78 is 46.5. The first-order chi connectivity index (χ1) is 16.1. The van der Waals surface area contributed by atoms with Gasteiger partial charge in [0.2, 0.25) is 0 Å². The van der Waals surface area contributed by atoms with Crippen LogP contribution in [-0.2, 0) is 10.1 Å². The van der Waals surface area contributed by atoms with Crippen LogP contribution in [-0.4, -0.2) is 41.9 Å². The van der Waals surface area contributed by atoms with Crippen molar-refractivity contribution in [1.29, 1.82) is 0 Å². The Labute approximate surface area is 198 Å². The molecule has 4 rings (SSSR count). The Morgan fingerprint density at radius 2 is 1.74 bits per heavy atom. The van der Waals surface area contributed by atoms with Crippen molar-refractivity contribution in [3.63, 3.8) is 0 Å². The lowest BCUT2D eigenvalue weighted by molar-refractivity contribution is 0.0713. The summed E-state index contributed by atoms with van der Waals surface area (Å²) in [5.74, 6) is -0.316. The maximum atomic E-state index is 13.5. The number of aryl methyl sites for hydroxylation is 1. The number of pyridine rings is 1. The minimum Gasteiger partial charge on any atom is -0.354 e. The van der Waals surface area contributed by atoms with E-state index in [4.69, 9.17) is 0 Å². The van der Waals surface area contributed by atoms with Gasteiger partial charge in [-0.15, -0.1) is 0 Å². The molecular formula is C25H26FN3O4S. The number of halogens is 1. The Morgan fingerprint density at radius 3 is 2.35 bits per heavy atom. The molecule has 1 aromatic heterocycles. The molecule has 2 N–H and O–H groups in total. The number of amides is 1. The Morgan fingerprint density at radius 1 is 1.09 bits per heavy atom. The summed E-state index contributed by atoms with van der Waals surface area (Å²) in [5, 5.41) is 2.69. The minimum absolute atomic E-state index is 0.165. The number of anilines is 2. The SMILES string of the molecule is Cc1ccccc1Nc1c(C(=O)N2CCC(c3ccc(F)cc3)CC2)cnc(S(=O)(=O)O)c1C. The van der Waals surface area contributed by atoms with Gasteiger partial charge in [-0.2, -0.15) is 8.42 Å². The molecule has 7 nitrogen and oxygen atoms in total.